The highest BCUT2D eigenvalue weighted by molar-refractivity contribution is 6.83. The highest BCUT2D eigenvalue weighted by atomic mass is 28.3. The van der Waals surface area contributed by atoms with Crippen molar-refractivity contribution >= 4 is 14.0 Å². The Morgan fingerprint density at radius 1 is 0.585 bits per heavy atom. The minimum Gasteiger partial charge on any atom is -0.444 e. The molecule has 41 heavy (non-hydrogen) atoms. The lowest BCUT2D eigenvalue weighted by Crippen LogP contribution is -2.17. The van der Waals surface area contributed by atoms with Crippen molar-refractivity contribution in [3.63, 3.8) is 0 Å². The van der Waals surface area contributed by atoms with E-state index in [1.54, 1.807) is 0 Å². The molecule has 0 unspecified atom stereocenters. The van der Waals surface area contributed by atoms with Gasteiger partial charge in [-0.15, -0.1) is 5.54 Å². The summed E-state index contributed by atoms with van der Waals surface area (Å²) in [4.78, 5) is 11.7. The second-order valence-corrected chi connectivity index (χ2v) is 15.2. The van der Waals surface area contributed by atoms with Crippen LogP contribution in [0.25, 0.3) is 0 Å². The van der Waals surface area contributed by atoms with Crippen molar-refractivity contribution in [3.8, 4) is 47.0 Å². The standard InChI is InChI=1S/C38H30O2Si/c1-30(39)40-38(25-26-41(2,3)4)37-23-21-33(22-24-37)17-20-36-28-34(18-15-31-11-7-5-8-12-31)27-35(29-36)19-16-32-13-9-6-10-14-32/h5-14,21-24,27-29,38H,1-4H3/t38-/m1/s1. The molecule has 198 valence electrons. The fourth-order valence-corrected chi connectivity index (χ4v) is 4.25. The second kappa shape index (κ2) is 13.7. The SMILES string of the molecule is CC(=O)O[C@H](C#C[Si](C)(C)C)c1ccc(C#Cc2cc(C#Cc3ccccc3)cc(C#Cc3ccccc3)c2)cc1. The zero-order valence-corrected chi connectivity index (χ0v) is 24.7. The summed E-state index contributed by atoms with van der Waals surface area (Å²) in [5.74, 6) is 22.3. The first-order valence-corrected chi connectivity index (χ1v) is 16.8. The first-order chi connectivity index (χ1) is 19.7. The van der Waals surface area contributed by atoms with Crippen LogP contribution in [-0.4, -0.2) is 14.0 Å². The maximum absolute atomic E-state index is 11.7. The first kappa shape index (κ1) is 28.8. The van der Waals surface area contributed by atoms with E-state index in [4.69, 9.17) is 4.74 Å². The number of rotatable bonds is 2. The van der Waals surface area contributed by atoms with Crippen LogP contribution < -0.4 is 0 Å². The summed E-state index contributed by atoms with van der Waals surface area (Å²) in [7, 11) is -1.62. The fourth-order valence-electron chi connectivity index (χ4n) is 3.69. The molecule has 0 saturated carbocycles. The zero-order valence-electron chi connectivity index (χ0n) is 23.7. The Balaban J connectivity index is 1.64. The number of hydrogen-bond donors (Lipinski definition) is 0. The second-order valence-electron chi connectivity index (χ2n) is 10.4. The average Bonchev–Trinajstić information content (AvgIpc) is 2.97. The van der Waals surface area contributed by atoms with Crippen LogP contribution in [0, 0.1) is 47.0 Å². The van der Waals surface area contributed by atoms with E-state index in [9.17, 15) is 4.79 Å². The molecule has 3 heteroatoms. The molecule has 0 fully saturated rings. The number of hydrogen-bond acceptors (Lipinski definition) is 2. The normalized spacial score (nSPS) is 10.6. The van der Waals surface area contributed by atoms with Crippen LogP contribution in [-0.2, 0) is 9.53 Å². The molecule has 0 N–H and O–H groups in total. The van der Waals surface area contributed by atoms with Crippen LogP contribution in [0.3, 0.4) is 0 Å². The largest absolute Gasteiger partial charge is 0.444 e. The van der Waals surface area contributed by atoms with E-state index >= 15 is 0 Å². The lowest BCUT2D eigenvalue weighted by Gasteiger charge is -2.13. The Hall–Kier alpha value is -5.19. The van der Waals surface area contributed by atoms with Gasteiger partial charge in [-0.2, -0.15) is 0 Å². The Bertz CT molecular complexity index is 1690. The first-order valence-electron chi connectivity index (χ1n) is 13.3. The molecule has 0 bridgehead atoms. The van der Waals surface area contributed by atoms with E-state index in [-0.39, 0.29) is 5.97 Å². The third-order valence-corrected chi connectivity index (χ3v) is 6.50. The minimum atomic E-state index is -1.62. The molecule has 0 aliphatic rings. The van der Waals surface area contributed by atoms with Gasteiger partial charge in [0.15, 0.2) is 6.10 Å². The van der Waals surface area contributed by atoms with Crippen LogP contribution in [0.15, 0.2) is 103 Å². The van der Waals surface area contributed by atoms with Gasteiger partial charge in [-0.05, 0) is 54.6 Å². The molecule has 0 saturated heterocycles. The predicted octanol–water partition coefficient (Wildman–Crippen LogP) is 7.37. The molecule has 0 aliphatic carbocycles. The topological polar surface area (TPSA) is 26.3 Å². The van der Waals surface area contributed by atoms with Crippen molar-refractivity contribution in [3.05, 3.63) is 142 Å². The summed E-state index contributed by atoms with van der Waals surface area (Å²) in [5, 5.41) is 0. The van der Waals surface area contributed by atoms with E-state index in [0.717, 1.165) is 38.9 Å². The van der Waals surface area contributed by atoms with E-state index in [0.29, 0.717) is 0 Å². The van der Waals surface area contributed by atoms with Gasteiger partial charge >= 0.3 is 5.97 Å². The van der Waals surface area contributed by atoms with Gasteiger partial charge in [0.25, 0.3) is 0 Å². The minimum absolute atomic E-state index is 0.356. The average molecular weight is 547 g/mol. The van der Waals surface area contributed by atoms with Gasteiger partial charge < -0.3 is 4.74 Å². The highest BCUT2D eigenvalue weighted by Crippen LogP contribution is 2.18. The fraction of sp³-hybridized carbons (Fsp3) is 0.132. The molecule has 0 heterocycles. The van der Waals surface area contributed by atoms with Crippen LogP contribution in [0.2, 0.25) is 19.6 Å². The van der Waals surface area contributed by atoms with Gasteiger partial charge in [0.1, 0.15) is 8.07 Å². The van der Waals surface area contributed by atoms with Gasteiger partial charge in [0.05, 0.1) is 0 Å². The molecule has 0 aromatic heterocycles. The zero-order chi connectivity index (χ0) is 29.1. The van der Waals surface area contributed by atoms with Gasteiger partial charge in [-0.3, -0.25) is 4.79 Å². The van der Waals surface area contributed by atoms with Gasteiger partial charge in [-0.25, -0.2) is 0 Å². The molecule has 4 rings (SSSR count). The number of esters is 1. The van der Waals surface area contributed by atoms with Gasteiger partial charge in [-0.1, -0.05) is 110 Å². The van der Waals surface area contributed by atoms with Crippen molar-refractivity contribution in [1.29, 1.82) is 0 Å². The van der Waals surface area contributed by atoms with E-state index in [1.165, 1.54) is 6.92 Å². The monoisotopic (exact) mass is 546 g/mol. The van der Waals surface area contributed by atoms with Gasteiger partial charge in [0.2, 0.25) is 0 Å². The summed E-state index contributed by atoms with van der Waals surface area (Å²) < 4.78 is 5.49. The number of carbonyl (C=O) groups excluding carboxylic acids is 1. The van der Waals surface area contributed by atoms with Crippen LogP contribution in [0.4, 0.5) is 0 Å². The number of ether oxygens (including phenoxy) is 1. The summed E-state index contributed by atoms with van der Waals surface area (Å²) in [6.45, 7) is 7.87. The van der Waals surface area contributed by atoms with Crippen molar-refractivity contribution in [1.82, 2.24) is 0 Å². The Morgan fingerprint density at radius 3 is 1.37 bits per heavy atom. The third-order valence-electron chi connectivity index (χ3n) is 5.61. The maximum atomic E-state index is 11.7. The number of carbonyl (C=O) groups is 1. The lowest BCUT2D eigenvalue weighted by atomic mass is 10.0. The molecule has 2 nitrogen and oxygen atoms in total. The number of benzene rings is 4. The van der Waals surface area contributed by atoms with Crippen molar-refractivity contribution in [2.75, 3.05) is 0 Å². The summed E-state index contributed by atoms with van der Waals surface area (Å²) >= 11 is 0. The smallest absolute Gasteiger partial charge is 0.304 e. The van der Waals surface area contributed by atoms with Crippen LogP contribution >= 0.6 is 0 Å². The molecule has 0 radical (unpaired) electrons. The highest BCUT2D eigenvalue weighted by Gasteiger charge is 2.14. The van der Waals surface area contributed by atoms with Gasteiger partial charge in [0, 0.05) is 45.9 Å². The van der Waals surface area contributed by atoms with Crippen LogP contribution in [0.5, 0.6) is 0 Å². The third kappa shape index (κ3) is 9.81. The molecule has 4 aromatic rings. The van der Waals surface area contributed by atoms with Crippen molar-refractivity contribution in [2.24, 2.45) is 0 Å². The maximum Gasteiger partial charge on any atom is 0.304 e. The Labute approximate surface area is 244 Å². The Kier molecular flexibility index (Phi) is 9.65. The molecule has 4 aromatic carbocycles. The lowest BCUT2D eigenvalue weighted by molar-refractivity contribution is -0.144. The van der Waals surface area contributed by atoms with Crippen molar-refractivity contribution < 1.29 is 9.53 Å². The van der Waals surface area contributed by atoms with E-state index in [2.05, 4.69) is 66.6 Å². The summed E-state index contributed by atoms with van der Waals surface area (Å²) in [5.41, 5.74) is 9.38. The predicted molar refractivity (Wildman–Crippen MR) is 169 cm³/mol. The Morgan fingerprint density at radius 2 is 0.976 bits per heavy atom. The molecule has 0 spiro atoms. The molecule has 0 aliphatic heterocycles. The van der Waals surface area contributed by atoms with E-state index in [1.807, 2.05) is 103 Å². The molecular formula is C38H30O2Si. The van der Waals surface area contributed by atoms with Crippen molar-refractivity contribution in [2.45, 2.75) is 32.7 Å². The summed E-state index contributed by atoms with van der Waals surface area (Å²) in [6, 6.07) is 33.4. The van der Waals surface area contributed by atoms with Crippen LogP contribution in [0.1, 0.15) is 52.0 Å². The molecule has 0 amide bonds. The molecule has 1 atom stereocenters. The molecular weight excluding hydrogens is 517 g/mol. The quantitative estimate of drug-likeness (QED) is 0.149. The summed E-state index contributed by atoms with van der Waals surface area (Å²) in [6.07, 6.45) is -0.591. The van der Waals surface area contributed by atoms with E-state index < -0.39 is 14.2 Å².